The zero-order valence-corrected chi connectivity index (χ0v) is 34.1. The third-order valence-electron chi connectivity index (χ3n) is 14.6. The Kier molecular flexibility index (Phi) is 14.0. The van der Waals surface area contributed by atoms with Gasteiger partial charge in [-0.1, -0.05) is 29.8 Å². The fourth-order valence-corrected chi connectivity index (χ4v) is 11.7. The Morgan fingerprint density at radius 3 is 1.25 bits per heavy atom. The van der Waals surface area contributed by atoms with Crippen LogP contribution in [0.1, 0.15) is 146 Å². The van der Waals surface area contributed by atoms with Gasteiger partial charge in [-0.2, -0.15) is 0 Å². The number of hydrogen-bond acceptors (Lipinski definition) is 2. The molecule has 4 bridgehead atoms. The van der Waals surface area contributed by atoms with Crippen LogP contribution in [0.3, 0.4) is 0 Å². The predicted octanol–water partition coefficient (Wildman–Crippen LogP) is 11.9. The largest absolute Gasteiger partial charge is 0.494 e. The predicted molar refractivity (Wildman–Crippen MR) is 222 cm³/mol. The summed E-state index contributed by atoms with van der Waals surface area (Å²) in [7, 11) is 4.99. The molecule has 53 heavy (non-hydrogen) atoms. The van der Waals surface area contributed by atoms with Crippen molar-refractivity contribution in [3.8, 4) is 11.5 Å². The van der Waals surface area contributed by atoms with Crippen LogP contribution < -0.4 is 9.47 Å². The van der Waals surface area contributed by atoms with Gasteiger partial charge in [-0.05, 0) is 199 Å². The van der Waals surface area contributed by atoms with Crippen LogP contribution in [0, 0.1) is 23.7 Å². The van der Waals surface area contributed by atoms with E-state index in [1.807, 2.05) is 0 Å². The molecule has 6 fully saturated rings. The van der Waals surface area contributed by atoms with Crippen molar-refractivity contribution in [3.63, 3.8) is 0 Å². The fraction of sp³-hybridized carbons (Fsp3) is 0.714. The maximum Gasteiger partial charge on any atom is 0.119 e. The maximum atomic E-state index is 6.30. The molecule has 2 aliphatic heterocycles. The highest BCUT2D eigenvalue weighted by Gasteiger charge is 2.46. The van der Waals surface area contributed by atoms with Crippen LogP contribution in [0.5, 0.6) is 11.5 Å². The molecule has 0 spiro atoms. The van der Waals surface area contributed by atoms with Crippen molar-refractivity contribution < 1.29 is 18.4 Å². The molecule has 2 aromatic carbocycles. The maximum absolute atomic E-state index is 6.30. The molecule has 2 heterocycles. The number of nitrogens with zero attached hydrogens (tertiary/aromatic N) is 2. The summed E-state index contributed by atoms with van der Waals surface area (Å²) < 4.78 is 15.2. The average Bonchev–Trinajstić information content (AvgIpc) is 3.52. The summed E-state index contributed by atoms with van der Waals surface area (Å²) in [5.41, 5.74) is 6.02. The third-order valence-corrected chi connectivity index (χ3v) is 14.6. The molecule has 4 heteroatoms. The van der Waals surface area contributed by atoms with E-state index in [9.17, 15) is 0 Å². The van der Waals surface area contributed by atoms with E-state index in [2.05, 4.69) is 62.6 Å². The molecule has 292 valence electrons. The van der Waals surface area contributed by atoms with E-state index in [1.54, 1.807) is 5.57 Å². The van der Waals surface area contributed by atoms with Crippen LogP contribution in [0.4, 0.5) is 0 Å². The van der Waals surface area contributed by atoms with Gasteiger partial charge >= 0.3 is 0 Å². The van der Waals surface area contributed by atoms with Crippen molar-refractivity contribution in [2.45, 2.75) is 135 Å². The number of benzene rings is 2. The summed E-state index contributed by atoms with van der Waals surface area (Å²) in [6.45, 7) is 9.92. The second-order valence-corrected chi connectivity index (χ2v) is 19.1. The first-order valence-electron chi connectivity index (χ1n) is 22.8. The van der Waals surface area contributed by atoms with E-state index in [4.69, 9.17) is 9.47 Å². The molecule has 0 amide bonds. The van der Waals surface area contributed by atoms with E-state index >= 15 is 0 Å². The molecule has 4 aliphatic carbocycles. The second-order valence-electron chi connectivity index (χ2n) is 19.1. The normalized spacial score (nSPS) is 26.2. The lowest BCUT2D eigenvalue weighted by molar-refractivity contribution is -0.909. The zero-order chi connectivity index (χ0) is 36.4. The lowest BCUT2D eigenvalue weighted by Gasteiger charge is -2.52. The summed E-state index contributed by atoms with van der Waals surface area (Å²) in [5.74, 6) is 5.50. The molecule has 0 N–H and O–H groups in total. The van der Waals surface area contributed by atoms with Crippen LogP contribution in [-0.4, -0.2) is 75.5 Å². The van der Waals surface area contributed by atoms with E-state index < -0.39 is 0 Å². The minimum atomic E-state index is 0.765. The highest BCUT2D eigenvalue weighted by molar-refractivity contribution is 5.83. The van der Waals surface area contributed by atoms with Gasteiger partial charge in [0.15, 0.2) is 0 Å². The van der Waals surface area contributed by atoms with Crippen molar-refractivity contribution in [1.82, 2.24) is 0 Å². The van der Waals surface area contributed by atoms with Crippen molar-refractivity contribution in [2.24, 2.45) is 23.7 Å². The number of rotatable bonds is 18. The van der Waals surface area contributed by atoms with Crippen LogP contribution in [-0.2, 0) is 0 Å². The lowest BCUT2D eigenvalue weighted by atomic mass is 9.53. The van der Waals surface area contributed by atoms with E-state index in [0.29, 0.717) is 0 Å². The van der Waals surface area contributed by atoms with Gasteiger partial charge in [0.1, 0.15) is 11.5 Å². The summed E-state index contributed by atoms with van der Waals surface area (Å²) in [5, 5.41) is 0. The Balaban J connectivity index is 0.902. The first-order valence-corrected chi connectivity index (χ1v) is 22.8. The summed E-state index contributed by atoms with van der Waals surface area (Å²) in [4.78, 5) is 0. The van der Waals surface area contributed by atoms with Crippen molar-refractivity contribution >= 4 is 5.57 Å². The number of quaternary nitrogens is 2. The Hall–Kier alpha value is -2.30. The van der Waals surface area contributed by atoms with Crippen LogP contribution in [0.15, 0.2) is 54.1 Å². The van der Waals surface area contributed by atoms with E-state index in [-0.39, 0.29) is 0 Å². The van der Waals surface area contributed by atoms with Crippen LogP contribution in [0.25, 0.3) is 5.57 Å². The van der Waals surface area contributed by atoms with Gasteiger partial charge < -0.3 is 18.4 Å². The molecule has 4 saturated carbocycles. The number of hydrogen-bond donors (Lipinski definition) is 0. The molecule has 0 radical (unpaired) electrons. The SMILES string of the molecule is C[N+]1(CCCCCCOc2ccc(C(=C3C4CC5CC(C4)CC3C5)c3ccc(OCCCCCC[N+]4(C)CCCCCC4)cc3)cc2)CCCCCC1. The van der Waals surface area contributed by atoms with Gasteiger partial charge in [0, 0.05) is 0 Å². The third kappa shape index (κ3) is 10.9. The summed E-state index contributed by atoms with van der Waals surface area (Å²) in [6, 6.07) is 18.4. The molecule has 2 saturated heterocycles. The zero-order valence-electron chi connectivity index (χ0n) is 34.1. The first kappa shape index (κ1) is 39.0. The molecule has 0 aromatic heterocycles. The van der Waals surface area contributed by atoms with Crippen molar-refractivity contribution in [1.29, 1.82) is 0 Å². The molecule has 0 atom stereocenters. The van der Waals surface area contributed by atoms with Crippen LogP contribution >= 0.6 is 0 Å². The first-order chi connectivity index (χ1) is 26.0. The van der Waals surface area contributed by atoms with Gasteiger partial charge in [-0.3, -0.25) is 0 Å². The molecule has 2 aromatic rings. The Labute approximate surface area is 324 Å². The van der Waals surface area contributed by atoms with Gasteiger partial charge in [0.2, 0.25) is 0 Å². The topological polar surface area (TPSA) is 18.5 Å². The smallest absolute Gasteiger partial charge is 0.119 e. The standard InChI is InChI=1S/C49H76N2O2/c1-50(27-11-3-4-12-28-50)31-15-7-9-17-33-52-46-23-19-42(20-24-46)48(49-44-36-40-35-41(38-44)39-45(49)37-40)43-21-25-47(26-22-43)53-34-18-10-8-16-32-51(2)29-13-5-6-14-30-51/h19-26,40-41,44-45H,3-18,27-39H2,1-2H3/q+2. The molecular formula is C49H76N2O2+2. The highest BCUT2D eigenvalue weighted by Crippen LogP contribution is 2.58. The Morgan fingerprint density at radius 1 is 0.472 bits per heavy atom. The fourth-order valence-electron chi connectivity index (χ4n) is 11.7. The number of unbranched alkanes of at least 4 members (excludes halogenated alkanes) is 6. The van der Waals surface area contributed by atoms with Gasteiger partial charge in [0.05, 0.1) is 66.6 Å². The highest BCUT2D eigenvalue weighted by atomic mass is 16.5. The number of allylic oxidation sites excluding steroid dienone is 1. The molecule has 4 nitrogen and oxygen atoms in total. The Morgan fingerprint density at radius 2 is 0.849 bits per heavy atom. The minimum absolute atomic E-state index is 0.765. The number of likely N-dealkylation sites (tertiary alicyclic amines) is 2. The summed E-state index contributed by atoms with van der Waals surface area (Å²) >= 11 is 0. The molecule has 0 unspecified atom stereocenters. The second kappa shape index (κ2) is 19.0. The number of ether oxygens (including phenoxy) is 2. The quantitative estimate of drug-likeness (QED) is 0.113. The molecule has 6 aliphatic rings. The van der Waals surface area contributed by atoms with Gasteiger partial charge in [0.25, 0.3) is 0 Å². The average molecular weight is 725 g/mol. The van der Waals surface area contributed by atoms with Crippen molar-refractivity contribution in [2.75, 3.05) is 66.6 Å². The van der Waals surface area contributed by atoms with Crippen molar-refractivity contribution in [3.05, 3.63) is 65.2 Å². The van der Waals surface area contributed by atoms with E-state index in [1.165, 1.54) is 187 Å². The molecule has 8 rings (SSSR count). The molecular weight excluding hydrogens is 649 g/mol. The van der Waals surface area contributed by atoms with Crippen LogP contribution in [0.2, 0.25) is 0 Å². The minimum Gasteiger partial charge on any atom is -0.494 e. The van der Waals surface area contributed by atoms with Gasteiger partial charge in [-0.15, -0.1) is 0 Å². The van der Waals surface area contributed by atoms with Gasteiger partial charge in [-0.25, -0.2) is 0 Å². The lowest BCUT2D eigenvalue weighted by Crippen LogP contribution is -2.45. The Bertz CT molecular complexity index is 1300. The summed E-state index contributed by atoms with van der Waals surface area (Å²) in [6.07, 6.45) is 28.8. The van der Waals surface area contributed by atoms with E-state index in [0.717, 1.165) is 61.2 Å². The monoisotopic (exact) mass is 725 g/mol.